The van der Waals surface area contributed by atoms with Crippen molar-refractivity contribution in [3.05, 3.63) is 12.2 Å². The second-order valence-corrected chi connectivity index (χ2v) is 8.01. The lowest BCUT2D eigenvalue weighted by Crippen LogP contribution is -1.84. The van der Waals surface area contributed by atoms with Crippen molar-refractivity contribution in [1.29, 1.82) is 0 Å². The van der Waals surface area contributed by atoms with E-state index in [-0.39, 0.29) is 0 Å². The Morgan fingerprint density at radius 1 is 0.423 bits per heavy atom. The topological polar surface area (TPSA) is 17.1 Å². The van der Waals surface area contributed by atoms with Gasteiger partial charge in [0.15, 0.2) is 0 Å². The van der Waals surface area contributed by atoms with Crippen LogP contribution in [0, 0.1) is 0 Å². The van der Waals surface area contributed by atoms with E-state index in [9.17, 15) is 4.79 Å². The Balaban J connectivity index is 3.01. The molecule has 26 heavy (non-hydrogen) atoms. The maximum atomic E-state index is 10.2. The molecule has 0 unspecified atom stereocenters. The monoisotopic (exact) mass is 364 g/mol. The molecule has 1 heteroatoms. The van der Waals surface area contributed by atoms with Crippen molar-refractivity contribution in [2.75, 3.05) is 0 Å². The smallest absolute Gasteiger partial charge is 0.119 e. The van der Waals surface area contributed by atoms with Crippen LogP contribution < -0.4 is 0 Å². The molecule has 0 spiro atoms. The minimum absolute atomic E-state index is 0.760. The summed E-state index contributed by atoms with van der Waals surface area (Å²) in [5, 5.41) is 0. The molecule has 154 valence electrons. The Morgan fingerprint density at radius 3 is 1.08 bits per heavy atom. The predicted octanol–water partition coefficient (Wildman–Crippen LogP) is 8.95. The van der Waals surface area contributed by atoms with Gasteiger partial charge in [0, 0.05) is 6.42 Å². The first-order chi connectivity index (χ1) is 12.9. The van der Waals surface area contributed by atoms with Crippen LogP contribution in [0.4, 0.5) is 0 Å². The van der Waals surface area contributed by atoms with Crippen molar-refractivity contribution >= 4 is 6.29 Å². The largest absolute Gasteiger partial charge is 0.303 e. The molecule has 0 bridgehead atoms. The van der Waals surface area contributed by atoms with Crippen LogP contribution in [0.3, 0.4) is 0 Å². The zero-order chi connectivity index (χ0) is 19.0. The van der Waals surface area contributed by atoms with E-state index < -0.39 is 0 Å². The van der Waals surface area contributed by atoms with E-state index in [1.54, 1.807) is 0 Å². The number of hydrogen-bond acceptors (Lipinski definition) is 1. The van der Waals surface area contributed by atoms with Crippen LogP contribution in [-0.2, 0) is 4.79 Å². The van der Waals surface area contributed by atoms with Crippen LogP contribution in [0.5, 0.6) is 0 Å². The summed E-state index contributed by atoms with van der Waals surface area (Å²) in [6.07, 6.45) is 34.0. The lowest BCUT2D eigenvalue weighted by atomic mass is 10.0. The molecule has 0 saturated carbocycles. The fraction of sp³-hybridized carbons (Fsp3) is 0.880. The maximum absolute atomic E-state index is 10.2. The summed E-state index contributed by atoms with van der Waals surface area (Å²) in [5.74, 6) is 0. The molecule has 0 heterocycles. The molecule has 0 aliphatic heterocycles. The quantitative estimate of drug-likeness (QED) is 0.106. The van der Waals surface area contributed by atoms with Crippen molar-refractivity contribution < 1.29 is 4.79 Å². The van der Waals surface area contributed by atoms with E-state index in [0.717, 1.165) is 19.1 Å². The summed E-state index contributed by atoms with van der Waals surface area (Å²) < 4.78 is 0. The third-order valence-corrected chi connectivity index (χ3v) is 5.33. The van der Waals surface area contributed by atoms with Gasteiger partial charge in [0.05, 0.1) is 0 Å². The Labute approximate surface area is 165 Å². The van der Waals surface area contributed by atoms with Crippen molar-refractivity contribution in [1.82, 2.24) is 0 Å². The summed E-state index contributed by atoms with van der Waals surface area (Å²) in [5.41, 5.74) is 0. The van der Waals surface area contributed by atoms with Gasteiger partial charge in [-0.15, -0.1) is 0 Å². The van der Waals surface area contributed by atoms with Gasteiger partial charge in [-0.2, -0.15) is 0 Å². The number of allylic oxidation sites excluding steroid dienone is 2. The normalized spacial score (nSPS) is 11.4. The molecule has 0 fully saturated rings. The minimum atomic E-state index is 0.760. The number of carbonyl (C=O) groups is 1. The van der Waals surface area contributed by atoms with Crippen molar-refractivity contribution in [3.63, 3.8) is 0 Å². The number of unbranched alkanes of at least 4 members (excludes halogenated alkanes) is 19. The zero-order valence-electron chi connectivity index (χ0n) is 18.0. The zero-order valence-corrected chi connectivity index (χ0v) is 18.0. The first kappa shape index (κ1) is 25.4. The Hall–Kier alpha value is -0.590. The van der Waals surface area contributed by atoms with E-state index in [4.69, 9.17) is 0 Å². The second kappa shape index (κ2) is 24.4. The van der Waals surface area contributed by atoms with E-state index in [1.165, 1.54) is 122 Å². The molecule has 0 radical (unpaired) electrons. The maximum Gasteiger partial charge on any atom is 0.119 e. The van der Waals surface area contributed by atoms with E-state index >= 15 is 0 Å². The minimum Gasteiger partial charge on any atom is -0.303 e. The van der Waals surface area contributed by atoms with Crippen molar-refractivity contribution in [2.24, 2.45) is 0 Å². The third-order valence-electron chi connectivity index (χ3n) is 5.33. The van der Waals surface area contributed by atoms with E-state index in [2.05, 4.69) is 19.1 Å². The molecule has 0 aromatic heterocycles. The molecule has 0 saturated heterocycles. The SMILES string of the molecule is CCCCC/C=C/CCCCCCCCCCCCCCCCCC=O. The molecular weight excluding hydrogens is 316 g/mol. The Kier molecular flexibility index (Phi) is 23.9. The van der Waals surface area contributed by atoms with Crippen molar-refractivity contribution in [2.45, 2.75) is 142 Å². The van der Waals surface area contributed by atoms with Crippen LogP contribution in [0.2, 0.25) is 0 Å². The Bertz CT molecular complexity index is 282. The van der Waals surface area contributed by atoms with Crippen LogP contribution in [0.25, 0.3) is 0 Å². The predicted molar refractivity (Wildman–Crippen MR) is 118 cm³/mol. The van der Waals surface area contributed by atoms with Crippen LogP contribution in [0.15, 0.2) is 12.2 Å². The third kappa shape index (κ3) is 23.4. The van der Waals surface area contributed by atoms with Gasteiger partial charge < -0.3 is 4.79 Å². The highest BCUT2D eigenvalue weighted by Crippen LogP contribution is 2.14. The first-order valence-corrected chi connectivity index (χ1v) is 12.0. The van der Waals surface area contributed by atoms with Gasteiger partial charge in [-0.25, -0.2) is 0 Å². The average Bonchev–Trinajstić information content (AvgIpc) is 2.66. The standard InChI is InChI=1S/C25H48O/c1-2-3-4-5-6-7-8-9-10-11-12-13-14-15-16-17-18-19-20-21-22-23-24-25-26/h6-7,25H,2-5,8-24H2,1H3/b7-6+. The summed E-state index contributed by atoms with van der Waals surface area (Å²) >= 11 is 0. The van der Waals surface area contributed by atoms with E-state index in [0.29, 0.717) is 0 Å². The summed E-state index contributed by atoms with van der Waals surface area (Å²) in [7, 11) is 0. The molecule has 0 aromatic rings. The number of carbonyl (C=O) groups excluding carboxylic acids is 1. The summed E-state index contributed by atoms with van der Waals surface area (Å²) in [6, 6.07) is 0. The van der Waals surface area contributed by atoms with Gasteiger partial charge in [0.25, 0.3) is 0 Å². The first-order valence-electron chi connectivity index (χ1n) is 12.0. The fourth-order valence-electron chi connectivity index (χ4n) is 3.54. The second-order valence-electron chi connectivity index (χ2n) is 8.01. The van der Waals surface area contributed by atoms with Gasteiger partial charge in [0.2, 0.25) is 0 Å². The van der Waals surface area contributed by atoms with Gasteiger partial charge in [0.1, 0.15) is 6.29 Å². The molecule has 0 aliphatic rings. The molecule has 1 nitrogen and oxygen atoms in total. The van der Waals surface area contributed by atoms with Gasteiger partial charge in [-0.05, 0) is 32.1 Å². The molecule has 0 aliphatic carbocycles. The summed E-state index contributed by atoms with van der Waals surface area (Å²) in [6.45, 7) is 2.27. The van der Waals surface area contributed by atoms with Gasteiger partial charge >= 0.3 is 0 Å². The molecule has 0 amide bonds. The van der Waals surface area contributed by atoms with Crippen LogP contribution in [0.1, 0.15) is 142 Å². The van der Waals surface area contributed by atoms with E-state index in [1.807, 2.05) is 0 Å². The number of hydrogen-bond donors (Lipinski definition) is 0. The molecule has 0 N–H and O–H groups in total. The number of rotatable bonds is 22. The fourth-order valence-corrected chi connectivity index (χ4v) is 3.54. The van der Waals surface area contributed by atoms with Gasteiger partial charge in [-0.3, -0.25) is 0 Å². The Morgan fingerprint density at radius 2 is 0.731 bits per heavy atom. The lowest BCUT2D eigenvalue weighted by molar-refractivity contribution is -0.107. The van der Waals surface area contributed by atoms with Crippen LogP contribution in [-0.4, -0.2) is 6.29 Å². The van der Waals surface area contributed by atoms with Crippen LogP contribution >= 0.6 is 0 Å². The highest BCUT2D eigenvalue weighted by atomic mass is 16.1. The highest BCUT2D eigenvalue weighted by Gasteiger charge is 1.94. The highest BCUT2D eigenvalue weighted by molar-refractivity contribution is 5.48. The molecular formula is C25H48O. The average molecular weight is 365 g/mol. The lowest BCUT2D eigenvalue weighted by Gasteiger charge is -2.03. The van der Waals surface area contributed by atoms with Gasteiger partial charge in [-0.1, -0.05) is 115 Å². The van der Waals surface area contributed by atoms with Crippen molar-refractivity contribution in [3.8, 4) is 0 Å². The summed E-state index contributed by atoms with van der Waals surface area (Å²) in [4.78, 5) is 10.2. The molecule has 0 aromatic carbocycles. The number of aldehydes is 1. The molecule has 0 atom stereocenters. The molecule has 0 rings (SSSR count).